The van der Waals surface area contributed by atoms with E-state index in [9.17, 15) is 14.4 Å². The van der Waals surface area contributed by atoms with Gasteiger partial charge >= 0.3 is 0 Å². The second-order valence-corrected chi connectivity index (χ2v) is 9.17. The molecule has 0 bridgehead atoms. The van der Waals surface area contributed by atoms with Crippen LogP contribution in [0, 0.1) is 0 Å². The second kappa shape index (κ2) is 9.90. The van der Waals surface area contributed by atoms with Crippen LogP contribution in [0.5, 0.6) is 5.75 Å². The van der Waals surface area contributed by atoms with Gasteiger partial charge in [0.2, 0.25) is 11.8 Å². The highest BCUT2D eigenvalue weighted by Crippen LogP contribution is 2.32. The highest BCUT2D eigenvalue weighted by molar-refractivity contribution is 5.99. The number of nitrogens with zero attached hydrogens (tertiary/aromatic N) is 1. The fraction of sp³-hybridized carbons (Fsp3) is 0.625. The molecule has 2 fully saturated rings. The number of hydrogen-bond acceptors (Lipinski definition) is 5. The number of likely N-dealkylation sites (N-methyl/N-ethyl adjacent to an activating group) is 1. The highest BCUT2D eigenvalue weighted by Gasteiger charge is 2.39. The standard InChI is InChI=1S/C24H33N3O5/c1-15(28)25-17-8-11-21-19(12-17)24(30)27(2)20-10-9-18(32-22(20)14-31-21)13-23(29)26-16-6-4-3-5-7-16/h8,11-12,16,18,20,22H,3-7,9-10,13-14H2,1-2H3,(H,25,28)(H,26,29)/t18-,20+,22+/m1/s1. The Balaban J connectivity index is 1.40. The summed E-state index contributed by atoms with van der Waals surface area (Å²) in [6.45, 7) is 1.73. The molecule has 1 aromatic rings. The van der Waals surface area contributed by atoms with Crippen molar-refractivity contribution >= 4 is 23.4 Å². The van der Waals surface area contributed by atoms with Gasteiger partial charge < -0.3 is 25.0 Å². The van der Waals surface area contributed by atoms with E-state index in [2.05, 4.69) is 10.6 Å². The number of carbonyl (C=O) groups is 3. The lowest BCUT2D eigenvalue weighted by molar-refractivity contribution is -0.134. The van der Waals surface area contributed by atoms with E-state index in [0.717, 1.165) is 25.7 Å². The molecule has 0 radical (unpaired) electrons. The number of amides is 3. The van der Waals surface area contributed by atoms with E-state index in [1.54, 1.807) is 30.1 Å². The molecule has 8 nitrogen and oxygen atoms in total. The zero-order valence-electron chi connectivity index (χ0n) is 18.9. The van der Waals surface area contributed by atoms with E-state index in [-0.39, 0.29) is 36.0 Å². The van der Waals surface area contributed by atoms with Crippen LogP contribution in [0.25, 0.3) is 0 Å². The minimum atomic E-state index is -0.298. The molecule has 2 N–H and O–H groups in total. The smallest absolute Gasteiger partial charge is 0.257 e. The molecule has 3 amide bonds. The van der Waals surface area contributed by atoms with E-state index >= 15 is 0 Å². The summed E-state index contributed by atoms with van der Waals surface area (Å²) in [7, 11) is 1.78. The molecule has 4 rings (SSSR count). The van der Waals surface area contributed by atoms with Crippen molar-refractivity contribution in [2.75, 3.05) is 19.0 Å². The number of anilines is 1. The van der Waals surface area contributed by atoms with Gasteiger partial charge in [-0.3, -0.25) is 14.4 Å². The molecular formula is C24H33N3O5. The summed E-state index contributed by atoms with van der Waals surface area (Å²) < 4.78 is 12.2. The lowest BCUT2D eigenvalue weighted by Gasteiger charge is -2.42. The van der Waals surface area contributed by atoms with Gasteiger partial charge in [-0.1, -0.05) is 19.3 Å². The summed E-state index contributed by atoms with van der Waals surface area (Å²) in [6, 6.07) is 5.23. The van der Waals surface area contributed by atoms with Crippen LogP contribution in [0.4, 0.5) is 5.69 Å². The maximum Gasteiger partial charge on any atom is 0.257 e. The summed E-state index contributed by atoms with van der Waals surface area (Å²) >= 11 is 0. The summed E-state index contributed by atoms with van der Waals surface area (Å²) in [5, 5.41) is 5.87. The lowest BCUT2D eigenvalue weighted by atomic mass is 9.93. The molecule has 1 saturated heterocycles. The van der Waals surface area contributed by atoms with Gasteiger partial charge in [-0.2, -0.15) is 0 Å². The van der Waals surface area contributed by atoms with Gasteiger partial charge in [-0.05, 0) is 43.9 Å². The first kappa shape index (κ1) is 22.6. The first-order valence-electron chi connectivity index (χ1n) is 11.7. The average molecular weight is 444 g/mol. The summed E-state index contributed by atoms with van der Waals surface area (Å²) in [5.74, 6) is 0.151. The van der Waals surface area contributed by atoms with Crippen molar-refractivity contribution in [1.82, 2.24) is 10.2 Å². The Morgan fingerprint density at radius 1 is 1.12 bits per heavy atom. The van der Waals surface area contributed by atoms with Crippen LogP contribution in [0.2, 0.25) is 0 Å². The van der Waals surface area contributed by atoms with Gasteiger partial charge in [0.05, 0.1) is 24.1 Å². The molecule has 3 atom stereocenters. The van der Waals surface area contributed by atoms with Crippen LogP contribution in [0.15, 0.2) is 18.2 Å². The Morgan fingerprint density at radius 3 is 2.66 bits per heavy atom. The Kier molecular flexibility index (Phi) is 6.98. The van der Waals surface area contributed by atoms with Gasteiger partial charge in [0.15, 0.2) is 0 Å². The molecule has 32 heavy (non-hydrogen) atoms. The maximum absolute atomic E-state index is 13.2. The van der Waals surface area contributed by atoms with Gasteiger partial charge in [0.25, 0.3) is 5.91 Å². The fourth-order valence-corrected chi connectivity index (χ4v) is 5.05. The number of hydrogen-bond donors (Lipinski definition) is 2. The molecule has 174 valence electrons. The number of ether oxygens (including phenoxy) is 2. The first-order chi connectivity index (χ1) is 15.4. The topological polar surface area (TPSA) is 97.0 Å². The van der Waals surface area contributed by atoms with E-state index < -0.39 is 0 Å². The van der Waals surface area contributed by atoms with Crippen molar-refractivity contribution in [2.45, 2.75) is 82.6 Å². The van der Waals surface area contributed by atoms with Gasteiger partial charge in [-0.15, -0.1) is 0 Å². The van der Waals surface area contributed by atoms with E-state index in [4.69, 9.17) is 9.47 Å². The maximum atomic E-state index is 13.2. The number of rotatable bonds is 4. The van der Waals surface area contributed by atoms with Crippen molar-refractivity contribution in [3.63, 3.8) is 0 Å². The van der Waals surface area contributed by atoms with E-state index in [0.29, 0.717) is 36.1 Å². The Labute approximate surface area is 189 Å². The fourth-order valence-electron chi connectivity index (χ4n) is 5.05. The average Bonchev–Trinajstić information content (AvgIpc) is 2.77. The largest absolute Gasteiger partial charge is 0.490 e. The van der Waals surface area contributed by atoms with Gasteiger partial charge in [-0.25, -0.2) is 0 Å². The first-order valence-corrected chi connectivity index (χ1v) is 11.7. The van der Waals surface area contributed by atoms with Crippen molar-refractivity contribution in [3.8, 4) is 5.75 Å². The molecule has 0 unspecified atom stereocenters. The molecule has 1 saturated carbocycles. The van der Waals surface area contributed by atoms with Crippen molar-refractivity contribution in [1.29, 1.82) is 0 Å². The van der Waals surface area contributed by atoms with E-state index in [1.807, 2.05) is 0 Å². The Morgan fingerprint density at radius 2 is 1.91 bits per heavy atom. The van der Waals surface area contributed by atoms with Crippen LogP contribution in [0.3, 0.4) is 0 Å². The number of benzene rings is 1. The number of fused-ring (bicyclic) bond motifs is 2. The second-order valence-electron chi connectivity index (χ2n) is 9.17. The van der Waals surface area contributed by atoms with Crippen LogP contribution >= 0.6 is 0 Å². The quantitative estimate of drug-likeness (QED) is 0.746. The summed E-state index contributed by atoms with van der Waals surface area (Å²) in [4.78, 5) is 38.8. The molecule has 0 aromatic heterocycles. The Bertz CT molecular complexity index is 867. The molecule has 0 spiro atoms. The Hall–Kier alpha value is -2.61. The molecule has 1 aliphatic carbocycles. The van der Waals surface area contributed by atoms with Crippen molar-refractivity contribution < 1.29 is 23.9 Å². The van der Waals surface area contributed by atoms with Crippen LogP contribution in [0.1, 0.15) is 68.6 Å². The molecule has 2 heterocycles. The third-order valence-electron chi connectivity index (χ3n) is 6.72. The van der Waals surface area contributed by atoms with Crippen LogP contribution < -0.4 is 15.4 Å². The minimum absolute atomic E-state index is 0.0485. The summed E-state index contributed by atoms with van der Waals surface area (Å²) in [6.07, 6.45) is 7.08. The normalized spacial score (nSPS) is 26.1. The predicted octanol–water partition coefficient (Wildman–Crippen LogP) is 2.86. The SMILES string of the molecule is CC(=O)Nc1ccc2c(c1)C(=O)N(C)[C@H]1CC[C@H](CC(=O)NC3CCCCC3)O[C@H]1CO2. The van der Waals surface area contributed by atoms with Crippen LogP contribution in [-0.2, 0) is 14.3 Å². The van der Waals surface area contributed by atoms with Crippen LogP contribution in [-0.4, -0.2) is 60.6 Å². The third-order valence-corrected chi connectivity index (χ3v) is 6.72. The number of carbonyl (C=O) groups excluding carboxylic acids is 3. The minimum Gasteiger partial charge on any atom is -0.490 e. The monoisotopic (exact) mass is 443 g/mol. The van der Waals surface area contributed by atoms with Gasteiger partial charge in [0, 0.05) is 25.7 Å². The lowest BCUT2D eigenvalue weighted by Crippen LogP contribution is -2.54. The van der Waals surface area contributed by atoms with E-state index in [1.165, 1.54) is 26.2 Å². The molecular weight excluding hydrogens is 410 g/mol. The van der Waals surface area contributed by atoms with Gasteiger partial charge in [0.1, 0.15) is 18.5 Å². The van der Waals surface area contributed by atoms with Crippen molar-refractivity contribution in [3.05, 3.63) is 23.8 Å². The zero-order valence-corrected chi connectivity index (χ0v) is 18.9. The summed E-state index contributed by atoms with van der Waals surface area (Å²) in [5.41, 5.74) is 0.980. The molecule has 8 heteroatoms. The number of nitrogens with one attached hydrogen (secondary N) is 2. The molecule has 2 aliphatic heterocycles. The molecule has 3 aliphatic rings. The highest BCUT2D eigenvalue weighted by atomic mass is 16.5. The zero-order chi connectivity index (χ0) is 22.7. The molecule has 1 aromatic carbocycles. The predicted molar refractivity (Wildman–Crippen MR) is 120 cm³/mol. The third kappa shape index (κ3) is 5.23. The van der Waals surface area contributed by atoms with Crippen molar-refractivity contribution in [2.24, 2.45) is 0 Å².